The highest BCUT2D eigenvalue weighted by Crippen LogP contribution is 2.28. The molecule has 0 bridgehead atoms. The van der Waals surface area contributed by atoms with Gasteiger partial charge in [-0.05, 0) is 45.3 Å². The molecular formula is C15H32N2. The molecule has 0 spiro atoms. The van der Waals surface area contributed by atoms with Crippen molar-refractivity contribution in [3.8, 4) is 0 Å². The predicted octanol–water partition coefficient (Wildman–Crippen LogP) is 3.41. The summed E-state index contributed by atoms with van der Waals surface area (Å²) in [6.07, 6.45) is 12.5. The largest absolute Gasteiger partial charge is 0.330 e. The van der Waals surface area contributed by atoms with E-state index in [2.05, 4.69) is 18.9 Å². The van der Waals surface area contributed by atoms with Gasteiger partial charge in [0, 0.05) is 6.04 Å². The monoisotopic (exact) mass is 240 g/mol. The number of hydrogen-bond donors (Lipinski definition) is 1. The third-order valence-electron chi connectivity index (χ3n) is 4.35. The van der Waals surface area contributed by atoms with Gasteiger partial charge in [-0.1, -0.05) is 45.4 Å². The van der Waals surface area contributed by atoms with Crippen molar-refractivity contribution >= 4 is 0 Å². The lowest BCUT2D eigenvalue weighted by Gasteiger charge is -2.29. The Morgan fingerprint density at radius 2 is 1.76 bits per heavy atom. The Morgan fingerprint density at radius 1 is 1.06 bits per heavy atom. The van der Waals surface area contributed by atoms with Crippen molar-refractivity contribution in [2.45, 2.75) is 70.8 Å². The van der Waals surface area contributed by atoms with E-state index in [1.165, 1.54) is 64.3 Å². The third kappa shape index (κ3) is 5.39. The van der Waals surface area contributed by atoms with Gasteiger partial charge in [-0.15, -0.1) is 0 Å². The first-order chi connectivity index (χ1) is 8.29. The van der Waals surface area contributed by atoms with E-state index in [-0.39, 0.29) is 0 Å². The van der Waals surface area contributed by atoms with Gasteiger partial charge in [0.25, 0.3) is 0 Å². The second-order valence-corrected chi connectivity index (χ2v) is 5.74. The summed E-state index contributed by atoms with van der Waals surface area (Å²) in [5.74, 6) is 0.764. The van der Waals surface area contributed by atoms with Crippen molar-refractivity contribution in [2.75, 3.05) is 20.1 Å². The van der Waals surface area contributed by atoms with Crippen LogP contribution in [0.25, 0.3) is 0 Å². The first-order valence-electron chi connectivity index (χ1n) is 7.70. The van der Waals surface area contributed by atoms with E-state index in [1.807, 2.05) is 0 Å². The Bertz CT molecular complexity index is 182. The maximum Gasteiger partial charge on any atom is 0.0132 e. The van der Waals surface area contributed by atoms with Crippen molar-refractivity contribution in [3.63, 3.8) is 0 Å². The SMILES string of the molecule is CCCCCCCCN(C)C1CCCC1CN. The number of nitrogens with zero attached hydrogens (tertiary/aromatic N) is 1. The zero-order valence-electron chi connectivity index (χ0n) is 12.0. The third-order valence-corrected chi connectivity index (χ3v) is 4.35. The minimum absolute atomic E-state index is 0.764. The highest BCUT2D eigenvalue weighted by atomic mass is 15.1. The molecular weight excluding hydrogens is 208 g/mol. The Hall–Kier alpha value is -0.0800. The maximum atomic E-state index is 5.85. The molecule has 1 rings (SSSR count). The Kier molecular flexibility index (Phi) is 7.87. The van der Waals surface area contributed by atoms with E-state index in [1.54, 1.807) is 0 Å². The Labute approximate surface area is 108 Å². The molecule has 0 saturated heterocycles. The van der Waals surface area contributed by atoms with Crippen LogP contribution in [0.1, 0.15) is 64.7 Å². The lowest BCUT2D eigenvalue weighted by atomic mass is 10.0. The molecule has 0 aliphatic heterocycles. The second-order valence-electron chi connectivity index (χ2n) is 5.74. The summed E-state index contributed by atoms with van der Waals surface area (Å²) in [6.45, 7) is 4.43. The summed E-state index contributed by atoms with van der Waals surface area (Å²) >= 11 is 0. The summed E-state index contributed by atoms with van der Waals surface area (Å²) in [6, 6.07) is 0.774. The highest BCUT2D eigenvalue weighted by molar-refractivity contribution is 4.84. The van der Waals surface area contributed by atoms with Gasteiger partial charge in [0.2, 0.25) is 0 Å². The average Bonchev–Trinajstić information content (AvgIpc) is 2.81. The number of nitrogens with two attached hydrogens (primary N) is 1. The molecule has 0 aromatic rings. The van der Waals surface area contributed by atoms with Crippen molar-refractivity contribution in [3.05, 3.63) is 0 Å². The van der Waals surface area contributed by atoms with E-state index in [0.717, 1.165) is 18.5 Å². The number of hydrogen-bond acceptors (Lipinski definition) is 2. The smallest absolute Gasteiger partial charge is 0.0132 e. The van der Waals surface area contributed by atoms with Crippen LogP contribution < -0.4 is 5.73 Å². The molecule has 2 heteroatoms. The van der Waals surface area contributed by atoms with Crippen LogP contribution in [0.3, 0.4) is 0 Å². The van der Waals surface area contributed by atoms with Gasteiger partial charge in [-0.25, -0.2) is 0 Å². The van der Waals surface area contributed by atoms with Crippen LogP contribution in [0, 0.1) is 5.92 Å². The summed E-state index contributed by atoms with van der Waals surface area (Å²) < 4.78 is 0. The van der Waals surface area contributed by atoms with Crippen LogP contribution in [0.15, 0.2) is 0 Å². The lowest BCUT2D eigenvalue weighted by molar-refractivity contribution is 0.196. The quantitative estimate of drug-likeness (QED) is 0.626. The van der Waals surface area contributed by atoms with E-state index in [4.69, 9.17) is 5.73 Å². The molecule has 1 fully saturated rings. The Balaban J connectivity index is 2.06. The fourth-order valence-corrected chi connectivity index (χ4v) is 3.18. The van der Waals surface area contributed by atoms with Crippen molar-refractivity contribution in [1.29, 1.82) is 0 Å². The first-order valence-corrected chi connectivity index (χ1v) is 7.70. The summed E-state index contributed by atoms with van der Waals surface area (Å²) in [5, 5.41) is 0. The zero-order valence-corrected chi connectivity index (χ0v) is 12.0. The van der Waals surface area contributed by atoms with E-state index >= 15 is 0 Å². The van der Waals surface area contributed by atoms with Gasteiger partial charge in [-0.3, -0.25) is 0 Å². The van der Waals surface area contributed by atoms with Crippen LogP contribution in [0.4, 0.5) is 0 Å². The minimum Gasteiger partial charge on any atom is -0.330 e. The van der Waals surface area contributed by atoms with Crippen LogP contribution in [-0.2, 0) is 0 Å². The summed E-state index contributed by atoms with van der Waals surface area (Å²) in [4.78, 5) is 2.57. The molecule has 0 radical (unpaired) electrons. The van der Waals surface area contributed by atoms with Crippen molar-refractivity contribution in [1.82, 2.24) is 4.90 Å². The Morgan fingerprint density at radius 3 is 2.47 bits per heavy atom. The normalized spacial score (nSPS) is 24.7. The standard InChI is InChI=1S/C15H32N2/c1-3-4-5-6-7-8-12-17(2)15-11-9-10-14(15)13-16/h14-15H,3-13,16H2,1-2H3. The fraction of sp³-hybridized carbons (Fsp3) is 1.00. The van der Waals surface area contributed by atoms with Crippen LogP contribution in [0.2, 0.25) is 0 Å². The van der Waals surface area contributed by atoms with Crippen molar-refractivity contribution < 1.29 is 0 Å². The molecule has 2 N–H and O–H groups in total. The minimum atomic E-state index is 0.764. The molecule has 2 atom stereocenters. The summed E-state index contributed by atoms with van der Waals surface area (Å²) in [5.41, 5.74) is 5.85. The molecule has 1 aliphatic carbocycles. The lowest BCUT2D eigenvalue weighted by Crippen LogP contribution is -2.38. The van der Waals surface area contributed by atoms with Crippen molar-refractivity contribution in [2.24, 2.45) is 11.7 Å². The van der Waals surface area contributed by atoms with Gasteiger partial charge in [-0.2, -0.15) is 0 Å². The second kappa shape index (κ2) is 8.93. The molecule has 2 unspecified atom stereocenters. The molecule has 1 saturated carbocycles. The van der Waals surface area contributed by atoms with Gasteiger partial charge in [0.15, 0.2) is 0 Å². The van der Waals surface area contributed by atoms with Gasteiger partial charge < -0.3 is 10.6 Å². The van der Waals surface area contributed by atoms with Crippen LogP contribution in [-0.4, -0.2) is 31.1 Å². The predicted molar refractivity (Wildman–Crippen MR) is 76.2 cm³/mol. The van der Waals surface area contributed by atoms with E-state index in [0.29, 0.717) is 0 Å². The number of unbranched alkanes of at least 4 members (excludes halogenated alkanes) is 5. The molecule has 17 heavy (non-hydrogen) atoms. The molecule has 102 valence electrons. The molecule has 0 aromatic heterocycles. The zero-order chi connectivity index (χ0) is 12.5. The molecule has 1 aliphatic rings. The van der Waals surface area contributed by atoms with Crippen LogP contribution in [0.5, 0.6) is 0 Å². The van der Waals surface area contributed by atoms with E-state index in [9.17, 15) is 0 Å². The fourth-order valence-electron chi connectivity index (χ4n) is 3.18. The molecule has 0 amide bonds. The van der Waals surface area contributed by atoms with Crippen LogP contribution >= 0.6 is 0 Å². The van der Waals surface area contributed by atoms with Gasteiger partial charge in [0.1, 0.15) is 0 Å². The maximum absolute atomic E-state index is 5.85. The number of rotatable bonds is 9. The highest BCUT2D eigenvalue weighted by Gasteiger charge is 2.28. The molecule has 0 heterocycles. The molecule has 0 aromatic carbocycles. The van der Waals surface area contributed by atoms with E-state index < -0.39 is 0 Å². The van der Waals surface area contributed by atoms with Gasteiger partial charge >= 0.3 is 0 Å². The topological polar surface area (TPSA) is 29.3 Å². The molecule has 2 nitrogen and oxygen atoms in total. The van der Waals surface area contributed by atoms with Gasteiger partial charge in [0.05, 0.1) is 0 Å². The summed E-state index contributed by atoms with van der Waals surface area (Å²) in [7, 11) is 2.30. The first kappa shape index (κ1) is 15.0. The average molecular weight is 240 g/mol.